The number of amides is 1. The van der Waals surface area contributed by atoms with Crippen LogP contribution in [0.4, 0.5) is 0 Å². The maximum Gasteiger partial charge on any atom is 0.224 e. The third-order valence-corrected chi connectivity index (χ3v) is 5.03. The van der Waals surface area contributed by atoms with Gasteiger partial charge in [-0.1, -0.05) is 54.6 Å². The molecule has 0 aromatic heterocycles. The van der Waals surface area contributed by atoms with Crippen LogP contribution in [0.15, 0.2) is 54.6 Å². The summed E-state index contributed by atoms with van der Waals surface area (Å²) in [6.45, 7) is 0.119. The van der Waals surface area contributed by atoms with Gasteiger partial charge in [0.1, 0.15) is 0 Å². The molecule has 0 saturated heterocycles. The zero-order valence-corrected chi connectivity index (χ0v) is 14.7. The Hall–Kier alpha value is -2.21. The Morgan fingerprint density at radius 1 is 1.15 bits per heavy atom. The second-order valence-corrected chi connectivity index (χ2v) is 6.97. The van der Waals surface area contributed by atoms with Gasteiger partial charge in [0.25, 0.3) is 0 Å². The van der Waals surface area contributed by atoms with E-state index in [-0.39, 0.29) is 12.5 Å². The van der Waals surface area contributed by atoms with E-state index >= 15 is 0 Å². The molecular formula is C21H26N2O3. The maximum atomic E-state index is 12.9. The molecule has 2 aromatic rings. The van der Waals surface area contributed by atoms with Gasteiger partial charge in [-0.3, -0.25) is 4.79 Å². The van der Waals surface area contributed by atoms with Gasteiger partial charge in [-0.2, -0.15) is 0 Å². The van der Waals surface area contributed by atoms with Crippen LogP contribution in [-0.2, 0) is 17.6 Å². The molecular weight excluding hydrogens is 328 g/mol. The quantitative estimate of drug-likeness (QED) is 0.603. The highest BCUT2D eigenvalue weighted by Crippen LogP contribution is 2.31. The summed E-state index contributed by atoms with van der Waals surface area (Å²) in [7, 11) is 0. The Balaban J connectivity index is 1.74. The maximum absolute atomic E-state index is 12.9. The van der Waals surface area contributed by atoms with E-state index in [1.165, 1.54) is 0 Å². The van der Waals surface area contributed by atoms with Crippen molar-refractivity contribution in [3.8, 4) is 0 Å². The molecule has 1 aliphatic rings. The number of hydrogen-bond acceptors (Lipinski definition) is 4. The average Bonchev–Trinajstić information content (AvgIpc) is 2.97. The van der Waals surface area contributed by atoms with E-state index in [1.54, 1.807) is 0 Å². The molecule has 0 spiro atoms. The number of carbonyl (C=O) groups excluding carboxylic acids is 1. The second kappa shape index (κ2) is 8.45. The standard InChI is InChI=1S/C21H26N2O3/c22-13-17(24)11-16(10-14-6-2-1-3-7-14)21(26)23-20-18-9-5-4-8-15(18)12-19(20)25/h1-9,16-17,19-20,24-25H,10-13,22H2,(H,23,26)/t16?,17-,19+,20-/m0/s1. The first-order valence-corrected chi connectivity index (χ1v) is 9.06. The molecule has 3 rings (SSSR count). The lowest BCUT2D eigenvalue weighted by Crippen LogP contribution is -2.40. The summed E-state index contributed by atoms with van der Waals surface area (Å²) in [6, 6.07) is 17.1. The monoisotopic (exact) mass is 354 g/mol. The summed E-state index contributed by atoms with van der Waals surface area (Å²) in [4.78, 5) is 12.9. The molecule has 138 valence electrons. The van der Waals surface area contributed by atoms with Gasteiger partial charge < -0.3 is 21.3 Å². The second-order valence-electron chi connectivity index (χ2n) is 6.97. The van der Waals surface area contributed by atoms with Gasteiger partial charge in [-0.05, 0) is 29.5 Å². The molecule has 4 atom stereocenters. The molecule has 5 heteroatoms. The van der Waals surface area contributed by atoms with Crippen LogP contribution in [0, 0.1) is 5.92 Å². The number of fused-ring (bicyclic) bond motifs is 1. The molecule has 0 fully saturated rings. The smallest absolute Gasteiger partial charge is 0.224 e. The van der Waals surface area contributed by atoms with E-state index < -0.39 is 24.2 Å². The molecule has 0 radical (unpaired) electrons. The Bertz CT molecular complexity index is 735. The molecule has 2 aromatic carbocycles. The van der Waals surface area contributed by atoms with Crippen LogP contribution in [0.25, 0.3) is 0 Å². The van der Waals surface area contributed by atoms with Crippen LogP contribution in [0.2, 0.25) is 0 Å². The lowest BCUT2D eigenvalue weighted by molar-refractivity contribution is -0.127. The highest BCUT2D eigenvalue weighted by molar-refractivity contribution is 5.79. The molecule has 0 bridgehead atoms. The minimum absolute atomic E-state index is 0.119. The van der Waals surface area contributed by atoms with Crippen molar-refractivity contribution in [3.63, 3.8) is 0 Å². The molecule has 0 heterocycles. The number of rotatable bonds is 7. The van der Waals surface area contributed by atoms with Crippen LogP contribution in [0.1, 0.15) is 29.2 Å². The van der Waals surface area contributed by atoms with E-state index in [9.17, 15) is 15.0 Å². The minimum atomic E-state index is -0.727. The molecule has 1 aliphatic carbocycles. The van der Waals surface area contributed by atoms with Crippen LogP contribution in [-0.4, -0.2) is 34.9 Å². The summed E-state index contributed by atoms with van der Waals surface area (Å²) in [6.07, 6.45) is -0.00500. The van der Waals surface area contributed by atoms with Crippen LogP contribution in [0.3, 0.4) is 0 Å². The summed E-state index contributed by atoms with van der Waals surface area (Å²) in [5, 5.41) is 23.3. The van der Waals surface area contributed by atoms with Crippen molar-refractivity contribution in [2.24, 2.45) is 11.7 Å². The molecule has 0 saturated carbocycles. The van der Waals surface area contributed by atoms with Crippen molar-refractivity contribution < 1.29 is 15.0 Å². The zero-order valence-electron chi connectivity index (χ0n) is 14.7. The predicted octanol–water partition coefficient (Wildman–Crippen LogP) is 1.33. The van der Waals surface area contributed by atoms with Crippen LogP contribution >= 0.6 is 0 Å². The van der Waals surface area contributed by atoms with Crippen LogP contribution in [0.5, 0.6) is 0 Å². The van der Waals surface area contributed by atoms with Gasteiger partial charge in [0.2, 0.25) is 5.91 Å². The van der Waals surface area contributed by atoms with Crippen LogP contribution < -0.4 is 11.1 Å². The van der Waals surface area contributed by atoms with Crippen molar-refractivity contribution in [2.45, 2.75) is 37.5 Å². The fourth-order valence-electron chi connectivity index (χ4n) is 3.63. The highest BCUT2D eigenvalue weighted by Gasteiger charge is 2.33. The van der Waals surface area contributed by atoms with Gasteiger partial charge in [-0.15, -0.1) is 0 Å². The number of nitrogens with two attached hydrogens (primary N) is 1. The molecule has 1 unspecified atom stereocenters. The van der Waals surface area contributed by atoms with Crippen molar-refractivity contribution in [1.29, 1.82) is 0 Å². The normalized spacial score (nSPS) is 21.0. The number of aliphatic hydroxyl groups is 2. The van der Waals surface area contributed by atoms with Crippen molar-refractivity contribution in [1.82, 2.24) is 5.32 Å². The Labute approximate surface area is 153 Å². The molecule has 5 nitrogen and oxygen atoms in total. The Morgan fingerprint density at radius 3 is 2.58 bits per heavy atom. The van der Waals surface area contributed by atoms with E-state index in [2.05, 4.69) is 5.32 Å². The van der Waals surface area contributed by atoms with E-state index in [0.717, 1.165) is 16.7 Å². The number of aliphatic hydroxyl groups excluding tert-OH is 2. The van der Waals surface area contributed by atoms with E-state index in [1.807, 2.05) is 54.6 Å². The Kier molecular flexibility index (Phi) is 6.04. The number of carbonyl (C=O) groups is 1. The highest BCUT2D eigenvalue weighted by atomic mass is 16.3. The number of benzene rings is 2. The fraction of sp³-hybridized carbons (Fsp3) is 0.381. The third kappa shape index (κ3) is 4.30. The van der Waals surface area contributed by atoms with Gasteiger partial charge in [0, 0.05) is 18.9 Å². The summed E-state index contributed by atoms with van der Waals surface area (Å²) in [5.74, 6) is -0.571. The fourth-order valence-corrected chi connectivity index (χ4v) is 3.63. The Morgan fingerprint density at radius 2 is 1.85 bits per heavy atom. The molecule has 0 aliphatic heterocycles. The van der Waals surface area contributed by atoms with Crippen molar-refractivity contribution in [3.05, 3.63) is 71.3 Å². The van der Waals surface area contributed by atoms with E-state index in [0.29, 0.717) is 19.3 Å². The van der Waals surface area contributed by atoms with Gasteiger partial charge in [0.05, 0.1) is 18.2 Å². The minimum Gasteiger partial charge on any atom is -0.392 e. The van der Waals surface area contributed by atoms with Crippen molar-refractivity contribution >= 4 is 5.91 Å². The predicted molar refractivity (Wildman–Crippen MR) is 100 cm³/mol. The SMILES string of the molecule is NC[C@@H](O)CC(Cc1ccccc1)C(=O)N[C@H]1c2ccccc2C[C@H]1O. The third-order valence-electron chi connectivity index (χ3n) is 5.03. The molecule has 26 heavy (non-hydrogen) atoms. The summed E-state index contributed by atoms with van der Waals surface area (Å²) >= 11 is 0. The number of nitrogens with one attached hydrogen (secondary N) is 1. The lowest BCUT2D eigenvalue weighted by Gasteiger charge is -2.24. The van der Waals surface area contributed by atoms with Crippen molar-refractivity contribution in [2.75, 3.05) is 6.54 Å². The molecule has 5 N–H and O–H groups in total. The molecule has 1 amide bonds. The van der Waals surface area contributed by atoms with Gasteiger partial charge >= 0.3 is 0 Å². The zero-order chi connectivity index (χ0) is 18.5. The first kappa shape index (κ1) is 18.6. The summed E-state index contributed by atoms with van der Waals surface area (Å²) in [5.41, 5.74) is 8.60. The number of hydrogen-bond donors (Lipinski definition) is 4. The van der Waals surface area contributed by atoms with Gasteiger partial charge in [-0.25, -0.2) is 0 Å². The van der Waals surface area contributed by atoms with E-state index in [4.69, 9.17) is 5.73 Å². The lowest BCUT2D eigenvalue weighted by atomic mass is 9.92. The van der Waals surface area contributed by atoms with Gasteiger partial charge in [0.15, 0.2) is 0 Å². The summed E-state index contributed by atoms with van der Waals surface area (Å²) < 4.78 is 0. The largest absolute Gasteiger partial charge is 0.392 e. The first-order valence-electron chi connectivity index (χ1n) is 9.06. The first-order chi connectivity index (χ1) is 12.6. The average molecular weight is 354 g/mol. The topological polar surface area (TPSA) is 95.6 Å².